The molecule has 0 aromatic carbocycles. The monoisotopic (exact) mass is 174 g/mol. The lowest BCUT2D eigenvalue weighted by Gasteiger charge is -2.17. The molecule has 7 heteroatoms. The first-order valence-corrected chi connectivity index (χ1v) is 3.45. The van der Waals surface area contributed by atoms with E-state index in [-0.39, 0.29) is 0 Å². The van der Waals surface area contributed by atoms with Crippen molar-refractivity contribution in [2.45, 2.75) is 0 Å². The SMILES string of the molecule is C[N+](C)(C)N.[O-][Cl+3]([O-])([O-])[O-]. The summed E-state index contributed by atoms with van der Waals surface area (Å²) in [6.45, 7) is 0. The predicted octanol–water partition coefficient (Wildman–Crippen LogP) is -5.19. The number of nitrogens with two attached hydrogens (primary N) is 1. The fourth-order valence-electron chi connectivity index (χ4n) is 0. The van der Waals surface area contributed by atoms with E-state index in [4.69, 9.17) is 24.5 Å². The largest absolute Gasteiger partial charge is 0.255 e. The maximum Gasteiger partial charge on any atom is 0.0851 e. The first kappa shape index (κ1) is 12.7. The molecule has 0 fully saturated rings. The molecule has 0 saturated carbocycles. The standard InChI is InChI=1S/C3H11N2.ClHO4/c1-5(2,3)4;2-1(3,4)5/h4H2,1-3H3;(H,2,3,4,5)/q+1;/p-1. The summed E-state index contributed by atoms with van der Waals surface area (Å²) in [7, 11) is 0.764. The Balaban J connectivity index is 0. The van der Waals surface area contributed by atoms with Gasteiger partial charge in [0.25, 0.3) is 0 Å². The number of halogens is 1. The molecule has 0 amide bonds. The van der Waals surface area contributed by atoms with Gasteiger partial charge in [-0.2, -0.15) is 5.84 Å². The minimum atomic E-state index is -4.94. The van der Waals surface area contributed by atoms with E-state index in [1.54, 1.807) is 0 Å². The molecule has 0 bridgehead atoms. The Hall–Kier alpha value is 0.0500. The van der Waals surface area contributed by atoms with Crippen molar-refractivity contribution in [2.24, 2.45) is 5.84 Å². The third kappa shape index (κ3) is 160000. The minimum Gasteiger partial charge on any atom is -0.255 e. The van der Waals surface area contributed by atoms with Crippen LogP contribution in [0.1, 0.15) is 0 Å². The molecule has 0 aromatic heterocycles. The maximum absolute atomic E-state index is 8.49. The van der Waals surface area contributed by atoms with E-state index in [1.807, 2.05) is 21.1 Å². The average molecular weight is 175 g/mol. The van der Waals surface area contributed by atoms with Gasteiger partial charge in [0.05, 0.1) is 21.1 Å². The van der Waals surface area contributed by atoms with Gasteiger partial charge in [0.2, 0.25) is 0 Å². The Labute approximate surface area is 61.4 Å². The fraction of sp³-hybridized carbons (Fsp3) is 1.00. The smallest absolute Gasteiger partial charge is 0.0851 e. The van der Waals surface area contributed by atoms with E-state index in [0.717, 1.165) is 0 Å². The van der Waals surface area contributed by atoms with Crippen molar-refractivity contribution in [1.82, 2.24) is 0 Å². The molecule has 0 rings (SSSR count). The highest BCUT2D eigenvalue weighted by Crippen LogP contribution is 1.65. The van der Waals surface area contributed by atoms with Crippen LogP contribution in [-0.4, -0.2) is 25.7 Å². The van der Waals surface area contributed by atoms with Gasteiger partial charge in [0.15, 0.2) is 0 Å². The zero-order valence-electron chi connectivity index (χ0n) is 6.04. The van der Waals surface area contributed by atoms with Crippen LogP contribution in [0.4, 0.5) is 0 Å². The lowest BCUT2D eigenvalue weighted by Crippen LogP contribution is -2.68. The second kappa shape index (κ2) is 4.04. The fourth-order valence-corrected chi connectivity index (χ4v) is 0. The zero-order chi connectivity index (χ0) is 9.00. The van der Waals surface area contributed by atoms with Crippen molar-refractivity contribution in [3.05, 3.63) is 0 Å². The zero-order valence-corrected chi connectivity index (χ0v) is 6.79. The third-order valence-corrected chi connectivity index (χ3v) is 0. The van der Waals surface area contributed by atoms with Gasteiger partial charge < -0.3 is 0 Å². The van der Waals surface area contributed by atoms with Crippen LogP contribution in [0.15, 0.2) is 0 Å². The van der Waals surface area contributed by atoms with Crippen molar-refractivity contribution in [3.63, 3.8) is 0 Å². The molecule has 64 valence electrons. The van der Waals surface area contributed by atoms with E-state index in [0.29, 0.717) is 4.59 Å². The molecule has 0 aromatic rings. The van der Waals surface area contributed by atoms with Crippen LogP contribution in [0.2, 0.25) is 0 Å². The highest BCUT2D eigenvalue weighted by molar-refractivity contribution is 3.80. The second-order valence-corrected chi connectivity index (χ2v) is 3.25. The summed E-state index contributed by atoms with van der Waals surface area (Å²) in [5.41, 5.74) is 0. The highest BCUT2D eigenvalue weighted by atomic mass is 35.7. The van der Waals surface area contributed by atoms with Crippen LogP contribution in [0, 0.1) is 10.2 Å². The summed E-state index contributed by atoms with van der Waals surface area (Å²) in [5, 5.41) is 0. The maximum atomic E-state index is 8.49. The van der Waals surface area contributed by atoms with Gasteiger partial charge in [0, 0.05) is 0 Å². The highest BCUT2D eigenvalue weighted by Gasteiger charge is 1.89. The van der Waals surface area contributed by atoms with Crippen molar-refractivity contribution >= 4 is 0 Å². The van der Waals surface area contributed by atoms with Crippen LogP contribution in [0.5, 0.6) is 0 Å². The molecule has 0 saturated heterocycles. The van der Waals surface area contributed by atoms with Gasteiger partial charge in [-0.05, 0) is 0 Å². The van der Waals surface area contributed by atoms with Gasteiger partial charge in [-0.25, -0.2) is 18.6 Å². The van der Waals surface area contributed by atoms with E-state index >= 15 is 0 Å². The Morgan fingerprint density at radius 3 is 1.00 bits per heavy atom. The summed E-state index contributed by atoms with van der Waals surface area (Å²) in [4.78, 5) is 0. The van der Waals surface area contributed by atoms with Crippen molar-refractivity contribution in [1.29, 1.82) is 0 Å². The predicted molar refractivity (Wildman–Crippen MR) is 22.2 cm³/mol. The molecule has 0 aliphatic carbocycles. The number of rotatable bonds is 0. The van der Waals surface area contributed by atoms with Gasteiger partial charge >= 0.3 is 0 Å². The number of hydrogen-bond acceptors (Lipinski definition) is 5. The van der Waals surface area contributed by atoms with Gasteiger partial charge in [0.1, 0.15) is 0 Å². The van der Waals surface area contributed by atoms with Crippen molar-refractivity contribution < 1.29 is 33.5 Å². The molecule has 0 aliphatic heterocycles. The number of nitrogens with zero attached hydrogens (tertiary/aromatic N) is 1. The molecule has 0 unspecified atom stereocenters. The van der Waals surface area contributed by atoms with Gasteiger partial charge in [-0.15, -0.1) is 10.2 Å². The van der Waals surface area contributed by atoms with E-state index < -0.39 is 10.2 Å². The third-order valence-electron chi connectivity index (χ3n) is 0. The Bertz CT molecular complexity index is 61.5. The summed E-state index contributed by atoms with van der Waals surface area (Å²) >= 11 is 0. The van der Waals surface area contributed by atoms with Crippen LogP contribution in [0.25, 0.3) is 0 Å². The Kier molecular flexibility index (Phi) is 5.13. The molecule has 2 N–H and O–H groups in total. The molecule has 6 nitrogen and oxygen atoms in total. The number of quaternary nitrogens is 1. The molecular weight excluding hydrogens is 163 g/mol. The van der Waals surface area contributed by atoms with Gasteiger partial charge in [-0.3, -0.25) is 4.59 Å². The molecule has 10 heavy (non-hydrogen) atoms. The Morgan fingerprint density at radius 1 is 1.00 bits per heavy atom. The molecule has 0 radical (unpaired) electrons. The molecular formula is C3H11ClN2O4. The average Bonchev–Trinajstić information content (AvgIpc) is 1.12. The normalized spacial score (nSPS) is 12.0. The molecule has 0 aliphatic rings. The topological polar surface area (TPSA) is 118 Å². The van der Waals surface area contributed by atoms with Crippen LogP contribution < -0.4 is 24.5 Å². The van der Waals surface area contributed by atoms with Crippen molar-refractivity contribution in [3.8, 4) is 0 Å². The first-order chi connectivity index (χ1) is 4.00. The lowest BCUT2D eigenvalue weighted by atomic mass is 10.9. The minimum absolute atomic E-state index is 0.500. The second-order valence-electron chi connectivity index (χ2n) is 2.49. The van der Waals surface area contributed by atoms with E-state index in [1.165, 1.54) is 0 Å². The van der Waals surface area contributed by atoms with Crippen LogP contribution >= 0.6 is 0 Å². The van der Waals surface area contributed by atoms with E-state index in [9.17, 15) is 0 Å². The van der Waals surface area contributed by atoms with Crippen LogP contribution in [-0.2, 0) is 0 Å². The molecule has 0 atom stereocenters. The summed E-state index contributed by atoms with van der Waals surface area (Å²) in [6.07, 6.45) is 0. The van der Waals surface area contributed by atoms with Crippen LogP contribution in [0.3, 0.4) is 0 Å². The lowest BCUT2D eigenvalue weighted by molar-refractivity contribution is -2.00. The molecule has 0 heterocycles. The first-order valence-electron chi connectivity index (χ1n) is 2.22. The van der Waals surface area contributed by atoms with Gasteiger partial charge in [-0.1, -0.05) is 0 Å². The summed E-state index contributed by atoms with van der Waals surface area (Å²) in [6, 6.07) is 0. The summed E-state index contributed by atoms with van der Waals surface area (Å²) in [5.74, 6) is 5.29. The van der Waals surface area contributed by atoms with E-state index in [2.05, 4.69) is 0 Å². The molecule has 0 spiro atoms. The summed E-state index contributed by atoms with van der Waals surface area (Å²) < 4.78 is 34.5. The van der Waals surface area contributed by atoms with Crippen molar-refractivity contribution in [2.75, 3.05) is 21.1 Å². The Morgan fingerprint density at radius 2 is 1.00 bits per heavy atom. The number of hydrogen-bond donors (Lipinski definition) is 1. The quantitative estimate of drug-likeness (QED) is 0.224.